The number of hydrogen-bond acceptors (Lipinski definition) is 1. The summed E-state index contributed by atoms with van der Waals surface area (Å²) < 4.78 is 0. The van der Waals surface area contributed by atoms with Gasteiger partial charge >= 0.3 is 0 Å². The van der Waals surface area contributed by atoms with Crippen LogP contribution in [0.3, 0.4) is 0 Å². The SMILES string of the molecule is CCCCCCCCCCCCCCCCCC(CCCCCCCCCCCCCCCC)=[NH+][O-]. The van der Waals surface area contributed by atoms with E-state index in [0.717, 1.165) is 18.6 Å². The van der Waals surface area contributed by atoms with E-state index in [1.165, 1.54) is 186 Å². The van der Waals surface area contributed by atoms with Gasteiger partial charge in [-0.1, -0.05) is 187 Å². The van der Waals surface area contributed by atoms with Crippen LogP contribution in [-0.2, 0) is 0 Å². The molecular weight excluding hydrogens is 438 g/mol. The van der Waals surface area contributed by atoms with E-state index < -0.39 is 0 Å². The number of nitrogens with one attached hydrogen (secondary N) is 1. The Morgan fingerprint density at radius 2 is 0.528 bits per heavy atom. The minimum Gasteiger partial charge on any atom is -0.625 e. The molecule has 0 aliphatic carbocycles. The van der Waals surface area contributed by atoms with E-state index in [9.17, 15) is 5.21 Å². The molecule has 1 N–H and O–H groups in total. The van der Waals surface area contributed by atoms with Crippen LogP contribution in [0.25, 0.3) is 0 Å². The zero-order valence-electron chi connectivity index (χ0n) is 25.3. The van der Waals surface area contributed by atoms with Crippen LogP contribution in [0, 0.1) is 5.21 Å². The highest BCUT2D eigenvalue weighted by molar-refractivity contribution is 5.78. The van der Waals surface area contributed by atoms with E-state index >= 15 is 0 Å². The summed E-state index contributed by atoms with van der Waals surface area (Å²) in [4.78, 5) is 0. The average Bonchev–Trinajstić information content (AvgIpc) is 2.89. The molecule has 0 aliphatic rings. The Morgan fingerprint density at radius 3 is 0.722 bits per heavy atom. The van der Waals surface area contributed by atoms with Gasteiger partial charge in [-0.2, -0.15) is 0 Å². The van der Waals surface area contributed by atoms with Crippen LogP contribution in [-0.4, -0.2) is 5.71 Å². The van der Waals surface area contributed by atoms with Crippen LogP contribution in [0.4, 0.5) is 0 Å². The number of rotatable bonds is 31. The Hall–Kier alpha value is -0.530. The van der Waals surface area contributed by atoms with Gasteiger partial charge < -0.3 is 5.21 Å². The molecular formula is C34H69NO. The summed E-state index contributed by atoms with van der Waals surface area (Å²) in [5, 5.41) is 13.6. The third-order valence-corrected chi connectivity index (χ3v) is 8.06. The fourth-order valence-corrected chi connectivity index (χ4v) is 5.47. The van der Waals surface area contributed by atoms with Crippen LogP contribution in [0.15, 0.2) is 0 Å². The Morgan fingerprint density at radius 1 is 0.333 bits per heavy atom. The van der Waals surface area contributed by atoms with Gasteiger partial charge in [0.1, 0.15) is 0 Å². The standard InChI is InChI=1S/C34H69NO/c1-3-5-7-9-11-13-15-17-19-21-23-25-27-29-31-33-34(35-36)32-30-28-26-24-22-20-18-16-14-12-10-8-6-4-2/h35H,3-33H2,1-2H3. The van der Waals surface area contributed by atoms with Gasteiger partial charge in [0.25, 0.3) is 0 Å². The van der Waals surface area contributed by atoms with E-state index in [1.807, 2.05) is 0 Å². The van der Waals surface area contributed by atoms with Crippen molar-refractivity contribution >= 4 is 5.71 Å². The van der Waals surface area contributed by atoms with Gasteiger partial charge in [-0.25, -0.2) is 5.16 Å². The summed E-state index contributed by atoms with van der Waals surface area (Å²) in [6.45, 7) is 4.58. The zero-order valence-corrected chi connectivity index (χ0v) is 25.3. The highest BCUT2D eigenvalue weighted by Crippen LogP contribution is 2.15. The molecule has 0 bridgehead atoms. The Kier molecular flexibility index (Phi) is 32.0. The molecule has 0 aromatic carbocycles. The molecule has 0 aliphatic heterocycles. The van der Waals surface area contributed by atoms with Gasteiger partial charge in [0, 0.05) is 12.8 Å². The van der Waals surface area contributed by atoms with Crippen molar-refractivity contribution in [3.63, 3.8) is 0 Å². The third-order valence-electron chi connectivity index (χ3n) is 8.06. The fourth-order valence-electron chi connectivity index (χ4n) is 5.47. The van der Waals surface area contributed by atoms with Crippen molar-refractivity contribution in [2.24, 2.45) is 0 Å². The maximum absolute atomic E-state index is 11.3. The predicted octanol–water partition coefficient (Wildman–Crippen LogP) is 11.1. The summed E-state index contributed by atoms with van der Waals surface area (Å²) in [5.41, 5.74) is 1.06. The van der Waals surface area contributed by atoms with Gasteiger partial charge in [0.2, 0.25) is 0 Å². The molecule has 2 nitrogen and oxygen atoms in total. The lowest BCUT2D eigenvalue weighted by Gasteiger charge is -2.05. The Labute approximate surface area is 228 Å². The second-order valence-corrected chi connectivity index (χ2v) is 11.8. The molecule has 0 atom stereocenters. The molecule has 2 heteroatoms. The van der Waals surface area contributed by atoms with Crippen LogP contribution >= 0.6 is 0 Å². The minimum atomic E-state index is 1.00. The van der Waals surface area contributed by atoms with Gasteiger partial charge in [-0.3, -0.25) is 0 Å². The first-order chi connectivity index (χ1) is 17.8. The first-order valence-corrected chi connectivity index (χ1v) is 17.1. The van der Waals surface area contributed by atoms with Crippen molar-refractivity contribution in [1.29, 1.82) is 0 Å². The molecule has 36 heavy (non-hydrogen) atoms. The quantitative estimate of drug-likeness (QED) is 0.0430. The zero-order chi connectivity index (χ0) is 26.2. The van der Waals surface area contributed by atoms with Crippen LogP contribution < -0.4 is 5.16 Å². The summed E-state index contributed by atoms with van der Waals surface area (Å²) in [7, 11) is 0. The molecule has 0 rings (SSSR count). The van der Waals surface area contributed by atoms with E-state index in [0.29, 0.717) is 0 Å². The number of unbranched alkanes of at least 4 members (excludes halogenated alkanes) is 27. The van der Waals surface area contributed by atoms with Gasteiger partial charge in [0.05, 0.1) is 0 Å². The predicted molar refractivity (Wildman–Crippen MR) is 164 cm³/mol. The van der Waals surface area contributed by atoms with Crippen molar-refractivity contribution in [3.05, 3.63) is 5.21 Å². The smallest absolute Gasteiger partial charge is 0.161 e. The van der Waals surface area contributed by atoms with Crippen molar-refractivity contribution in [2.45, 2.75) is 213 Å². The Bertz CT molecular complexity index is 419. The van der Waals surface area contributed by atoms with Gasteiger partial charge in [-0.15, -0.1) is 0 Å². The molecule has 0 unspecified atom stereocenters. The van der Waals surface area contributed by atoms with Gasteiger partial charge in [-0.05, 0) is 12.8 Å². The lowest BCUT2D eigenvalue weighted by molar-refractivity contribution is -0.376. The largest absolute Gasteiger partial charge is 0.625 e. The highest BCUT2D eigenvalue weighted by Gasteiger charge is 2.04. The molecule has 0 fully saturated rings. The first-order valence-electron chi connectivity index (χ1n) is 17.1. The molecule has 0 radical (unpaired) electrons. The Balaban J connectivity index is 3.27. The van der Waals surface area contributed by atoms with E-state index in [1.54, 1.807) is 0 Å². The monoisotopic (exact) mass is 508 g/mol. The summed E-state index contributed by atoms with van der Waals surface area (Å²) >= 11 is 0. The third kappa shape index (κ3) is 29.7. The maximum Gasteiger partial charge on any atom is 0.161 e. The average molecular weight is 508 g/mol. The van der Waals surface area contributed by atoms with Crippen molar-refractivity contribution in [3.8, 4) is 0 Å². The van der Waals surface area contributed by atoms with Crippen LogP contribution in [0.5, 0.6) is 0 Å². The highest BCUT2D eigenvalue weighted by atomic mass is 16.4. The lowest BCUT2D eigenvalue weighted by atomic mass is 10.0. The van der Waals surface area contributed by atoms with Crippen molar-refractivity contribution in [1.82, 2.24) is 0 Å². The van der Waals surface area contributed by atoms with E-state index in [2.05, 4.69) is 19.0 Å². The molecule has 0 saturated heterocycles. The van der Waals surface area contributed by atoms with Crippen LogP contribution in [0.2, 0.25) is 0 Å². The van der Waals surface area contributed by atoms with Crippen molar-refractivity contribution < 1.29 is 5.16 Å². The molecule has 0 aromatic rings. The minimum absolute atomic E-state index is 1.00. The molecule has 0 heterocycles. The number of hydrogen-bond donors (Lipinski definition) is 1. The summed E-state index contributed by atoms with van der Waals surface area (Å²) in [6.07, 6.45) is 42.5. The van der Waals surface area contributed by atoms with E-state index in [4.69, 9.17) is 0 Å². The summed E-state index contributed by atoms with van der Waals surface area (Å²) in [5.74, 6) is 0. The first kappa shape index (κ1) is 35.5. The fraction of sp³-hybridized carbons (Fsp3) is 0.971. The molecule has 0 amide bonds. The van der Waals surface area contributed by atoms with Gasteiger partial charge in [0.15, 0.2) is 5.71 Å². The molecule has 216 valence electrons. The molecule has 0 aromatic heterocycles. The maximum atomic E-state index is 11.3. The second kappa shape index (κ2) is 32.5. The van der Waals surface area contributed by atoms with Crippen molar-refractivity contribution in [2.75, 3.05) is 0 Å². The molecule has 0 saturated carbocycles. The van der Waals surface area contributed by atoms with Crippen LogP contribution in [0.1, 0.15) is 213 Å². The molecule has 0 spiro atoms. The lowest BCUT2D eigenvalue weighted by Crippen LogP contribution is -2.65. The van der Waals surface area contributed by atoms with E-state index in [-0.39, 0.29) is 0 Å². The summed E-state index contributed by atoms with van der Waals surface area (Å²) in [6, 6.07) is 0. The topological polar surface area (TPSA) is 37.0 Å². The normalized spacial score (nSPS) is 12.0. The second-order valence-electron chi connectivity index (χ2n) is 11.8.